The number of piperidine rings is 1. The molecule has 0 spiro atoms. The molecule has 3 heteroatoms. The minimum Gasteiger partial charge on any atom is -0.371 e. The molecule has 2 saturated heterocycles. The lowest BCUT2D eigenvalue weighted by Gasteiger charge is -2.35. The highest BCUT2D eigenvalue weighted by molar-refractivity contribution is 5.47. The van der Waals surface area contributed by atoms with Gasteiger partial charge in [0.05, 0.1) is 0 Å². The summed E-state index contributed by atoms with van der Waals surface area (Å²) in [6.07, 6.45) is 3.86. The summed E-state index contributed by atoms with van der Waals surface area (Å²) >= 11 is 0. The Morgan fingerprint density at radius 2 is 1.60 bits per heavy atom. The lowest BCUT2D eigenvalue weighted by molar-refractivity contribution is 0.350. The molecule has 1 unspecified atom stereocenters. The van der Waals surface area contributed by atoms with Crippen LogP contribution in [0.2, 0.25) is 0 Å². The van der Waals surface area contributed by atoms with Gasteiger partial charge in [-0.1, -0.05) is 17.7 Å². The Morgan fingerprint density at radius 3 is 2.20 bits per heavy atom. The van der Waals surface area contributed by atoms with Crippen LogP contribution < -0.4 is 10.2 Å². The maximum atomic E-state index is 3.86. The van der Waals surface area contributed by atoms with Crippen molar-refractivity contribution in [2.24, 2.45) is 0 Å². The number of nitrogens with zero attached hydrogens (tertiary/aromatic N) is 2. The Balaban J connectivity index is 1.48. The van der Waals surface area contributed by atoms with Crippen molar-refractivity contribution in [3.63, 3.8) is 0 Å². The molecule has 110 valence electrons. The Morgan fingerprint density at radius 1 is 0.950 bits per heavy atom. The fourth-order valence-corrected chi connectivity index (χ4v) is 3.46. The van der Waals surface area contributed by atoms with Crippen molar-refractivity contribution in [1.29, 1.82) is 0 Å². The van der Waals surface area contributed by atoms with Gasteiger partial charge in [-0.3, -0.25) is 0 Å². The first-order chi connectivity index (χ1) is 9.70. The Bertz CT molecular complexity index is 420. The largest absolute Gasteiger partial charge is 0.371 e. The third-order valence-corrected chi connectivity index (χ3v) is 4.76. The second-order valence-corrected chi connectivity index (χ2v) is 6.51. The summed E-state index contributed by atoms with van der Waals surface area (Å²) in [7, 11) is 2.22. The summed E-state index contributed by atoms with van der Waals surface area (Å²) in [5, 5.41) is 3.86. The minimum absolute atomic E-state index is 0.716. The molecule has 3 nitrogen and oxygen atoms in total. The lowest BCUT2D eigenvalue weighted by atomic mass is 10.0. The van der Waals surface area contributed by atoms with Gasteiger partial charge in [0.1, 0.15) is 0 Å². The van der Waals surface area contributed by atoms with E-state index in [0.29, 0.717) is 6.04 Å². The van der Waals surface area contributed by atoms with Crippen LogP contribution in [0.15, 0.2) is 24.3 Å². The van der Waals surface area contributed by atoms with Crippen molar-refractivity contribution in [2.45, 2.75) is 38.3 Å². The van der Waals surface area contributed by atoms with Crippen LogP contribution in [0.5, 0.6) is 0 Å². The van der Waals surface area contributed by atoms with Gasteiger partial charge in [-0.25, -0.2) is 0 Å². The molecular weight excluding hydrogens is 246 g/mol. The molecule has 1 aromatic carbocycles. The monoisotopic (exact) mass is 273 g/mol. The molecular formula is C17H27N3. The van der Waals surface area contributed by atoms with Crippen LogP contribution in [0.4, 0.5) is 5.69 Å². The molecule has 20 heavy (non-hydrogen) atoms. The molecule has 1 atom stereocenters. The number of hydrogen-bond acceptors (Lipinski definition) is 3. The van der Waals surface area contributed by atoms with Gasteiger partial charge in [0.25, 0.3) is 0 Å². The molecule has 0 bridgehead atoms. The highest BCUT2D eigenvalue weighted by Gasteiger charge is 2.25. The van der Waals surface area contributed by atoms with Crippen LogP contribution in [-0.4, -0.2) is 50.2 Å². The molecule has 1 N–H and O–H groups in total. The predicted molar refractivity (Wildman–Crippen MR) is 85.5 cm³/mol. The van der Waals surface area contributed by atoms with Crippen LogP contribution in [0.1, 0.15) is 24.8 Å². The summed E-state index contributed by atoms with van der Waals surface area (Å²) in [5.41, 5.74) is 2.73. The zero-order chi connectivity index (χ0) is 13.9. The van der Waals surface area contributed by atoms with Crippen molar-refractivity contribution in [2.75, 3.05) is 38.1 Å². The molecule has 2 aliphatic heterocycles. The van der Waals surface area contributed by atoms with E-state index in [-0.39, 0.29) is 0 Å². The van der Waals surface area contributed by atoms with E-state index in [2.05, 4.69) is 53.4 Å². The van der Waals surface area contributed by atoms with Crippen LogP contribution in [0.3, 0.4) is 0 Å². The van der Waals surface area contributed by atoms with Crippen molar-refractivity contribution in [1.82, 2.24) is 10.2 Å². The molecule has 0 radical (unpaired) electrons. The number of aryl methyl sites for hydroxylation is 1. The number of rotatable bonds is 3. The van der Waals surface area contributed by atoms with E-state index in [9.17, 15) is 0 Å². The summed E-state index contributed by atoms with van der Waals surface area (Å²) in [4.78, 5) is 4.96. The topological polar surface area (TPSA) is 18.5 Å². The summed E-state index contributed by atoms with van der Waals surface area (Å²) in [6, 6.07) is 10.4. The van der Waals surface area contributed by atoms with Gasteiger partial charge in [0.2, 0.25) is 0 Å². The third-order valence-electron chi connectivity index (χ3n) is 4.76. The van der Waals surface area contributed by atoms with Crippen LogP contribution >= 0.6 is 0 Å². The first kappa shape index (κ1) is 13.9. The van der Waals surface area contributed by atoms with Crippen molar-refractivity contribution in [3.05, 3.63) is 29.8 Å². The SMILES string of the molecule is Cc1ccc(N2CCC(NC3CCN(C)C3)CC2)cc1. The second kappa shape index (κ2) is 6.15. The first-order valence-electron chi connectivity index (χ1n) is 7.97. The molecule has 2 heterocycles. The Labute approximate surface area is 123 Å². The zero-order valence-corrected chi connectivity index (χ0v) is 12.8. The third kappa shape index (κ3) is 3.33. The normalized spacial score (nSPS) is 25.3. The lowest BCUT2D eigenvalue weighted by Crippen LogP contribution is -2.46. The fourth-order valence-electron chi connectivity index (χ4n) is 3.46. The van der Waals surface area contributed by atoms with E-state index >= 15 is 0 Å². The van der Waals surface area contributed by atoms with E-state index in [1.165, 1.54) is 56.7 Å². The molecule has 0 aliphatic carbocycles. The van der Waals surface area contributed by atoms with Gasteiger partial charge < -0.3 is 15.1 Å². The van der Waals surface area contributed by atoms with Gasteiger partial charge in [-0.15, -0.1) is 0 Å². The molecule has 2 fully saturated rings. The standard InChI is InChI=1S/C17H27N3/c1-14-3-5-17(6-4-14)20-11-8-15(9-12-20)18-16-7-10-19(2)13-16/h3-6,15-16,18H,7-13H2,1-2H3. The maximum absolute atomic E-state index is 3.86. The fraction of sp³-hybridized carbons (Fsp3) is 0.647. The molecule has 0 amide bonds. The molecule has 2 aliphatic rings. The molecule has 3 rings (SSSR count). The van der Waals surface area contributed by atoms with Crippen molar-refractivity contribution in [3.8, 4) is 0 Å². The van der Waals surface area contributed by atoms with Crippen LogP contribution in [-0.2, 0) is 0 Å². The first-order valence-corrected chi connectivity index (χ1v) is 7.97. The number of likely N-dealkylation sites (tertiary alicyclic amines) is 1. The molecule has 0 saturated carbocycles. The van der Waals surface area contributed by atoms with E-state index in [1.807, 2.05) is 0 Å². The smallest absolute Gasteiger partial charge is 0.0366 e. The van der Waals surface area contributed by atoms with Crippen LogP contribution in [0.25, 0.3) is 0 Å². The van der Waals surface area contributed by atoms with Crippen molar-refractivity contribution < 1.29 is 0 Å². The summed E-state index contributed by atoms with van der Waals surface area (Å²) < 4.78 is 0. The maximum Gasteiger partial charge on any atom is 0.0366 e. The summed E-state index contributed by atoms with van der Waals surface area (Å²) in [6.45, 7) is 6.99. The van der Waals surface area contributed by atoms with Crippen molar-refractivity contribution >= 4 is 5.69 Å². The highest BCUT2D eigenvalue weighted by Crippen LogP contribution is 2.21. The predicted octanol–water partition coefficient (Wildman–Crippen LogP) is 2.26. The quantitative estimate of drug-likeness (QED) is 0.911. The van der Waals surface area contributed by atoms with Gasteiger partial charge in [-0.2, -0.15) is 0 Å². The average molecular weight is 273 g/mol. The average Bonchev–Trinajstić information content (AvgIpc) is 2.86. The number of hydrogen-bond donors (Lipinski definition) is 1. The van der Waals surface area contributed by atoms with Gasteiger partial charge in [0, 0.05) is 37.4 Å². The van der Waals surface area contributed by atoms with Gasteiger partial charge in [-0.05, 0) is 51.9 Å². The molecule has 0 aromatic heterocycles. The number of benzene rings is 1. The van der Waals surface area contributed by atoms with Gasteiger partial charge >= 0.3 is 0 Å². The van der Waals surface area contributed by atoms with E-state index in [4.69, 9.17) is 0 Å². The Hall–Kier alpha value is -1.06. The molecule has 1 aromatic rings. The zero-order valence-electron chi connectivity index (χ0n) is 12.8. The minimum atomic E-state index is 0.716. The van der Waals surface area contributed by atoms with E-state index < -0.39 is 0 Å². The Kier molecular flexibility index (Phi) is 4.27. The number of nitrogens with one attached hydrogen (secondary N) is 1. The second-order valence-electron chi connectivity index (χ2n) is 6.51. The van der Waals surface area contributed by atoms with E-state index in [1.54, 1.807) is 0 Å². The highest BCUT2D eigenvalue weighted by atomic mass is 15.2. The van der Waals surface area contributed by atoms with Gasteiger partial charge in [0.15, 0.2) is 0 Å². The number of likely N-dealkylation sites (N-methyl/N-ethyl adjacent to an activating group) is 1. The van der Waals surface area contributed by atoms with Crippen LogP contribution in [0, 0.1) is 6.92 Å². The number of anilines is 1. The summed E-state index contributed by atoms with van der Waals surface area (Å²) in [5.74, 6) is 0. The van der Waals surface area contributed by atoms with E-state index in [0.717, 1.165) is 6.04 Å².